The fraction of sp³-hybridized carbons (Fsp3) is 0.267. The van der Waals surface area contributed by atoms with Gasteiger partial charge >= 0.3 is 5.82 Å². The number of hydrogen-bond acceptors (Lipinski definition) is 5. The highest BCUT2D eigenvalue weighted by Crippen LogP contribution is 2.27. The second kappa shape index (κ2) is 7.70. The topological polar surface area (TPSA) is 114 Å². The predicted molar refractivity (Wildman–Crippen MR) is 90.3 cm³/mol. The molecule has 0 aliphatic heterocycles. The number of nitriles is 1. The summed E-state index contributed by atoms with van der Waals surface area (Å²) in [5, 5.41) is 26.2. The van der Waals surface area contributed by atoms with Crippen molar-refractivity contribution in [1.29, 1.82) is 5.26 Å². The van der Waals surface area contributed by atoms with Gasteiger partial charge in [0.15, 0.2) is 0 Å². The van der Waals surface area contributed by atoms with Crippen molar-refractivity contribution in [3.8, 4) is 6.07 Å². The van der Waals surface area contributed by atoms with Crippen LogP contribution in [0.3, 0.4) is 0 Å². The lowest BCUT2D eigenvalue weighted by Gasteiger charge is -2.05. The first-order valence-corrected chi connectivity index (χ1v) is 7.89. The van der Waals surface area contributed by atoms with E-state index in [2.05, 4.69) is 26.3 Å². The molecular formula is C15H14BrN5O3. The number of carbonyl (C=O) groups excluding carboxylic acids is 1. The van der Waals surface area contributed by atoms with Gasteiger partial charge in [0.2, 0.25) is 5.91 Å². The summed E-state index contributed by atoms with van der Waals surface area (Å²) < 4.78 is 1.87. The van der Waals surface area contributed by atoms with Gasteiger partial charge in [0.25, 0.3) is 0 Å². The van der Waals surface area contributed by atoms with E-state index >= 15 is 0 Å². The smallest absolute Gasteiger partial charge is 0.358 e. The van der Waals surface area contributed by atoms with E-state index in [-0.39, 0.29) is 18.1 Å². The van der Waals surface area contributed by atoms with Crippen LogP contribution in [0.4, 0.5) is 11.5 Å². The molecule has 0 aliphatic carbocycles. The van der Waals surface area contributed by atoms with Gasteiger partial charge in [0.05, 0.1) is 29.0 Å². The molecule has 0 spiro atoms. The van der Waals surface area contributed by atoms with Crippen LogP contribution in [0, 0.1) is 28.4 Å². The Bertz CT molecular complexity index is 808. The van der Waals surface area contributed by atoms with Crippen molar-refractivity contribution in [3.05, 3.63) is 50.1 Å². The number of amides is 1. The molecule has 0 fully saturated rings. The molecule has 0 radical (unpaired) electrons. The number of nitrogens with one attached hydrogen (secondary N) is 1. The Balaban J connectivity index is 1.87. The standard InChI is InChI=1S/C15H14BrN5O3/c1-10-14(16)15(21(23)24)19-20(10)8-2-3-13(22)18-12-6-4-11(9-17)5-7-12/h4-7H,2-3,8H2,1H3,(H,18,22). The Morgan fingerprint density at radius 2 is 2.12 bits per heavy atom. The van der Waals surface area contributed by atoms with Gasteiger partial charge in [-0.3, -0.25) is 4.79 Å². The van der Waals surface area contributed by atoms with Crippen molar-refractivity contribution >= 4 is 33.3 Å². The second-order valence-electron chi connectivity index (χ2n) is 5.04. The number of benzene rings is 1. The van der Waals surface area contributed by atoms with Crippen LogP contribution in [0.25, 0.3) is 0 Å². The summed E-state index contributed by atoms with van der Waals surface area (Å²) >= 11 is 3.15. The molecule has 0 saturated carbocycles. The fourth-order valence-corrected chi connectivity index (χ4v) is 2.51. The van der Waals surface area contributed by atoms with E-state index in [0.717, 1.165) is 0 Å². The van der Waals surface area contributed by atoms with E-state index in [0.29, 0.717) is 34.4 Å². The van der Waals surface area contributed by atoms with E-state index in [1.54, 1.807) is 31.2 Å². The minimum absolute atomic E-state index is 0.168. The number of aryl methyl sites for hydroxylation is 1. The lowest BCUT2D eigenvalue weighted by molar-refractivity contribution is -0.390. The Hall–Kier alpha value is -2.73. The molecule has 24 heavy (non-hydrogen) atoms. The van der Waals surface area contributed by atoms with E-state index in [1.165, 1.54) is 4.68 Å². The highest BCUT2D eigenvalue weighted by Gasteiger charge is 2.23. The summed E-state index contributed by atoms with van der Waals surface area (Å²) in [6, 6.07) is 8.58. The third kappa shape index (κ3) is 4.17. The van der Waals surface area contributed by atoms with Gasteiger partial charge < -0.3 is 15.4 Å². The normalized spacial score (nSPS) is 10.2. The molecular weight excluding hydrogens is 378 g/mol. The average molecular weight is 392 g/mol. The van der Waals surface area contributed by atoms with E-state index in [4.69, 9.17) is 5.26 Å². The minimum atomic E-state index is -0.550. The third-order valence-electron chi connectivity index (χ3n) is 3.36. The largest absolute Gasteiger partial charge is 0.404 e. The molecule has 0 bridgehead atoms. The number of aromatic nitrogens is 2. The van der Waals surface area contributed by atoms with Crippen LogP contribution in [-0.4, -0.2) is 20.6 Å². The number of halogens is 1. The molecule has 0 atom stereocenters. The number of nitrogens with zero attached hydrogens (tertiary/aromatic N) is 4. The lowest BCUT2D eigenvalue weighted by Crippen LogP contribution is -2.13. The first kappa shape index (κ1) is 17.6. The Morgan fingerprint density at radius 1 is 1.46 bits per heavy atom. The first-order valence-electron chi connectivity index (χ1n) is 7.09. The summed E-state index contributed by atoms with van der Waals surface area (Å²) in [5.41, 5.74) is 1.79. The average Bonchev–Trinajstić information content (AvgIpc) is 2.84. The quantitative estimate of drug-likeness (QED) is 0.599. The monoisotopic (exact) mass is 391 g/mol. The van der Waals surface area contributed by atoms with Crippen LogP contribution < -0.4 is 5.32 Å². The minimum Gasteiger partial charge on any atom is -0.358 e. The van der Waals surface area contributed by atoms with Crippen molar-refractivity contribution in [3.63, 3.8) is 0 Å². The molecule has 1 aromatic carbocycles. The third-order valence-corrected chi connectivity index (χ3v) is 4.29. The van der Waals surface area contributed by atoms with Gasteiger partial charge in [-0.2, -0.15) is 9.94 Å². The molecule has 1 aromatic heterocycles. The molecule has 0 unspecified atom stereocenters. The highest BCUT2D eigenvalue weighted by molar-refractivity contribution is 9.10. The van der Waals surface area contributed by atoms with Gasteiger partial charge in [0.1, 0.15) is 4.47 Å². The zero-order valence-corrected chi connectivity index (χ0v) is 14.4. The van der Waals surface area contributed by atoms with Crippen LogP contribution in [-0.2, 0) is 11.3 Å². The van der Waals surface area contributed by atoms with Crippen molar-refractivity contribution in [2.75, 3.05) is 5.32 Å². The van der Waals surface area contributed by atoms with Crippen LogP contribution >= 0.6 is 15.9 Å². The summed E-state index contributed by atoms with van der Waals surface area (Å²) in [7, 11) is 0. The molecule has 124 valence electrons. The summed E-state index contributed by atoms with van der Waals surface area (Å²) in [4.78, 5) is 22.2. The maximum atomic E-state index is 11.9. The Kier molecular flexibility index (Phi) is 5.65. The van der Waals surface area contributed by atoms with Crippen molar-refractivity contribution in [1.82, 2.24) is 9.78 Å². The maximum absolute atomic E-state index is 11.9. The first-order chi connectivity index (χ1) is 11.4. The summed E-state index contributed by atoms with van der Waals surface area (Å²) in [5.74, 6) is -0.396. The van der Waals surface area contributed by atoms with Crippen molar-refractivity contribution in [2.45, 2.75) is 26.3 Å². The van der Waals surface area contributed by atoms with Crippen molar-refractivity contribution < 1.29 is 9.72 Å². The Morgan fingerprint density at radius 3 is 2.67 bits per heavy atom. The van der Waals surface area contributed by atoms with Crippen LogP contribution in [0.15, 0.2) is 28.7 Å². The van der Waals surface area contributed by atoms with Gasteiger partial charge in [-0.1, -0.05) is 0 Å². The van der Waals surface area contributed by atoms with Gasteiger partial charge in [-0.25, -0.2) is 0 Å². The van der Waals surface area contributed by atoms with Gasteiger partial charge in [-0.05, 0) is 58.5 Å². The number of anilines is 1. The molecule has 1 heterocycles. The van der Waals surface area contributed by atoms with E-state index in [1.807, 2.05) is 6.07 Å². The number of rotatable bonds is 6. The molecule has 2 rings (SSSR count). The SMILES string of the molecule is Cc1c(Br)c([N+](=O)[O-])nn1CCCC(=O)Nc1ccc(C#N)cc1. The van der Waals surface area contributed by atoms with Crippen LogP contribution in [0.1, 0.15) is 24.1 Å². The molecule has 1 amide bonds. The summed E-state index contributed by atoms with van der Waals surface area (Å²) in [6.07, 6.45) is 0.749. The zero-order chi connectivity index (χ0) is 17.7. The van der Waals surface area contributed by atoms with Crippen molar-refractivity contribution in [2.24, 2.45) is 0 Å². The molecule has 0 saturated heterocycles. The van der Waals surface area contributed by atoms with E-state index in [9.17, 15) is 14.9 Å². The maximum Gasteiger partial charge on any atom is 0.404 e. The highest BCUT2D eigenvalue weighted by atomic mass is 79.9. The molecule has 9 heteroatoms. The number of nitro groups is 1. The van der Waals surface area contributed by atoms with Crippen LogP contribution in [0.2, 0.25) is 0 Å². The van der Waals surface area contributed by atoms with Gasteiger partial charge in [-0.15, -0.1) is 0 Å². The van der Waals surface area contributed by atoms with Gasteiger partial charge in [0, 0.05) is 12.1 Å². The molecule has 1 N–H and O–H groups in total. The number of hydrogen-bond donors (Lipinski definition) is 1. The van der Waals surface area contributed by atoms with Crippen LogP contribution in [0.5, 0.6) is 0 Å². The summed E-state index contributed by atoms with van der Waals surface area (Å²) in [6.45, 7) is 2.12. The molecule has 2 aromatic rings. The predicted octanol–water partition coefficient (Wildman–Crippen LogP) is 3.15. The van der Waals surface area contributed by atoms with E-state index < -0.39 is 4.92 Å². The fourth-order valence-electron chi connectivity index (χ4n) is 2.08. The lowest BCUT2D eigenvalue weighted by atomic mass is 10.2. The second-order valence-corrected chi connectivity index (χ2v) is 5.84. The number of carbonyl (C=O) groups is 1. The zero-order valence-electron chi connectivity index (χ0n) is 12.8. The molecule has 0 aliphatic rings. The Labute approximate surface area is 146 Å². The molecule has 8 nitrogen and oxygen atoms in total.